The van der Waals surface area contributed by atoms with E-state index < -0.39 is 10.0 Å². The number of hydrogen-bond acceptors (Lipinski definition) is 3. The molecule has 0 spiro atoms. The van der Waals surface area contributed by atoms with Gasteiger partial charge in [-0.3, -0.25) is 9.52 Å². The van der Waals surface area contributed by atoms with Crippen LogP contribution in [-0.4, -0.2) is 32.0 Å². The molecule has 0 fully saturated rings. The number of amides is 1. The second-order valence-electron chi connectivity index (χ2n) is 5.81. The minimum atomic E-state index is -3.32. The molecule has 5 nitrogen and oxygen atoms in total. The average molecular weight is 376 g/mol. The van der Waals surface area contributed by atoms with E-state index in [2.05, 4.69) is 4.72 Å². The fourth-order valence-electron chi connectivity index (χ4n) is 2.35. The number of benzene rings is 2. The van der Waals surface area contributed by atoms with Gasteiger partial charge in [-0.15, -0.1) is 0 Å². The highest BCUT2D eigenvalue weighted by Crippen LogP contribution is 2.13. The van der Waals surface area contributed by atoms with Crippen molar-refractivity contribution in [3.05, 3.63) is 71.6 Å². The Hall–Kier alpha value is -2.67. The first kappa shape index (κ1) is 19.7. The molecule has 0 aliphatic carbocycles. The summed E-state index contributed by atoms with van der Waals surface area (Å²) in [6.45, 7) is 2.68. The first-order chi connectivity index (χ1) is 12.3. The van der Waals surface area contributed by atoms with Gasteiger partial charge < -0.3 is 4.90 Å². The van der Waals surface area contributed by atoms with E-state index in [0.717, 1.165) is 17.4 Å². The van der Waals surface area contributed by atoms with Gasteiger partial charge in [0.15, 0.2) is 0 Å². The van der Waals surface area contributed by atoms with Crippen molar-refractivity contribution >= 4 is 27.7 Å². The molecule has 0 aliphatic heterocycles. The van der Waals surface area contributed by atoms with Crippen LogP contribution >= 0.6 is 0 Å². The number of nitrogens with one attached hydrogen (secondary N) is 1. The number of hydrogen-bond donors (Lipinski definition) is 1. The van der Waals surface area contributed by atoms with Gasteiger partial charge >= 0.3 is 0 Å². The Morgan fingerprint density at radius 3 is 2.46 bits per heavy atom. The third-order valence-corrected chi connectivity index (χ3v) is 4.19. The van der Waals surface area contributed by atoms with Crippen LogP contribution in [0.5, 0.6) is 0 Å². The normalized spacial score (nSPS) is 11.5. The fourth-order valence-corrected chi connectivity index (χ4v) is 2.91. The van der Waals surface area contributed by atoms with Crippen LogP contribution in [0.2, 0.25) is 0 Å². The number of sulfonamides is 1. The Balaban J connectivity index is 2.02. The van der Waals surface area contributed by atoms with E-state index in [0.29, 0.717) is 18.8 Å². The van der Waals surface area contributed by atoms with Crippen molar-refractivity contribution in [2.45, 2.75) is 13.5 Å². The van der Waals surface area contributed by atoms with Gasteiger partial charge in [-0.1, -0.05) is 24.3 Å². The lowest BCUT2D eigenvalue weighted by atomic mass is 10.2. The summed E-state index contributed by atoms with van der Waals surface area (Å²) in [5, 5.41) is 0. The van der Waals surface area contributed by atoms with E-state index >= 15 is 0 Å². The Morgan fingerprint density at radius 2 is 1.88 bits per heavy atom. The summed E-state index contributed by atoms with van der Waals surface area (Å²) < 4.78 is 38.0. The number of halogens is 1. The highest BCUT2D eigenvalue weighted by atomic mass is 32.2. The molecule has 0 saturated carbocycles. The van der Waals surface area contributed by atoms with Crippen molar-refractivity contribution in [2.75, 3.05) is 17.5 Å². The zero-order chi connectivity index (χ0) is 19.2. The highest BCUT2D eigenvalue weighted by Gasteiger charge is 2.09. The number of carbonyl (C=O) groups excluding carboxylic acids is 1. The van der Waals surface area contributed by atoms with Gasteiger partial charge in [0.2, 0.25) is 15.9 Å². The van der Waals surface area contributed by atoms with Crippen molar-refractivity contribution < 1.29 is 17.6 Å². The number of nitrogens with zero attached hydrogens (tertiary/aromatic N) is 1. The van der Waals surface area contributed by atoms with E-state index in [-0.39, 0.29) is 11.7 Å². The van der Waals surface area contributed by atoms with Crippen LogP contribution < -0.4 is 4.72 Å². The minimum absolute atomic E-state index is 0.185. The third kappa shape index (κ3) is 6.33. The number of rotatable bonds is 7. The second-order valence-corrected chi connectivity index (χ2v) is 7.56. The SMILES string of the molecule is CCN(Cc1cccc(F)c1)C(=O)/C=C/c1ccc(NS(C)(=O)=O)cc1. The molecule has 2 rings (SSSR count). The van der Waals surface area contributed by atoms with Crippen molar-refractivity contribution in [2.24, 2.45) is 0 Å². The highest BCUT2D eigenvalue weighted by molar-refractivity contribution is 7.92. The topological polar surface area (TPSA) is 66.5 Å². The van der Waals surface area contributed by atoms with Crippen LogP contribution in [0.1, 0.15) is 18.1 Å². The predicted octanol–water partition coefficient (Wildman–Crippen LogP) is 3.26. The Kier molecular flexibility index (Phi) is 6.52. The predicted molar refractivity (Wildman–Crippen MR) is 101 cm³/mol. The first-order valence-corrected chi connectivity index (χ1v) is 9.95. The molecule has 1 amide bonds. The lowest BCUT2D eigenvalue weighted by Gasteiger charge is -2.19. The fraction of sp³-hybridized carbons (Fsp3) is 0.211. The molecular formula is C19H21FN2O3S. The number of likely N-dealkylation sites (N-methyl/N-ethyl adjacent to an activating group) is 1. The molecule has 0 aromatic heterocycles. The molecule has 2 aromatic carbocycles. The van der Waals surface area contributed by atoms with Gasteiger partial charge in [0.25, 0.3) is 0 Å². The zero-order valence-electron chi connectivity index (χ0n) is 14.6. The smallest absolute Gasteiger partial charge is 0.246 e. The molecule has 7 heteroatoms. The Morgan fingerprint density at radius 1 is 1.19 bits per heavy atom. The molecule has 0 aliphatic rings. The summed E-state index contributed by atoms with van der Waals surface area (Å²) in [4.78, 5) is 13.9. The van der Waals surface area contributed by atoms with Gasteiger partial charge in [0, 0.05) is 24.9 Å². The van der Waals surface area contributed by atoms with Crippen molar-refractivity contribution in [3.63, 3.8) is 0 Å². The van der Waals surface area contributed by atoms with Crippen molar-refractivity contribution in [3.8, 4) is 0 Å². The van der Waals surface area contributed by atoms with Gasteiger partial charge in [0.05, 0.1) is 6.26 Å². The monoisotopic (exact) mass is 376 g/mol. The lowest BCUT2D eigenvalue weighted by Crippen LogP contribution is -2.28. The summed E-state index contributed by atoms with van der Waals surface area (Å²) in [6, 6.07) is 12.8. The van der Waals surface area contributed by atoms with E-state index in [9.17, 15) is 17.6 Å². The van der Waals surface area contributed by atoms with Crippen molar-refractivity contribution in [1.82, 2.24) is 4.90 Å². The minimum Gasteiger partial charge on any atom is -0.335 e. The van der Waals surface area contributed by atoms with Gasteiger partial charge in [0.1, 0.15) is 5.82 Å². The van der Waals surface area contributed by atoms with E-state index in [4.69, 9.17) is 0 Å². The van der Waals surface area contributed by atoms with Gasteiger partial charge in [-0.05, 0) is 48.4 Å². The molecule has 138 valence electrons. The Labute approximate surface area is 153 Å². The molecule has 1 N–H and O–H groups in total. The molecule has 0 saturated heterocycles. The molecule has 0 atom stereocenters. The molecule has 0 bridgehead atoms. The van der Waals surface area contributed by atoms with Crippen LogP contribution in [0.15, 0.2) is 54.6 Å². The second kappa shape index (κ2) is 8.62. The average Bonchev–Trinajstić information content (AvgIpc) is 2.57. The number of carbonyl (C=O) groups is 1. The summed E-state index contributed by atoms with van der Waals surface area (Å²) in [6.07, 6.45) is 4.18. The Bertz CT molecular complexity index is 893. The van der Waals surface area contributed by atoms with Crippen LogP contribution in [0, 0.1) is 5.82 Å². The van der Waals surface area contributed by atoms with E-state index in [1.807, 2.05) is 6.92 Å². The largest absolute Gasteiger partial charge is 0.335 e. The van der Waals surface area contributed by atoms with Gasteiger partial charge in [-0.2, -0.15) is 0 Å². The molecule has 0 radical (unpaired) electrons. The molecular weight excluding hydrogens is 355 g/mol. The summed E-state index contributed by atoms with van der Waals surface area (Å²) in [5.74, 6) is -0.514. The molecule has 26 heavy (non-hydrogen) atoms. The molecule has 0 heterocycles. The van der Waals surface area contributed by atoms with Gasteiger partial charge in [-0.25, -0.2) is 12.8 Å². The maximum absolute atomic E-state index is 13.3. The standard InChI is InChI=1S/C19H21FN2O3S/c1-3-22(14-16-5-4-6-17(20)13-16)19(23)12-9-15-7-10-18(11-8-15)21-26(2,24)25/h4-13,21H,3,14H2,1-2H3/b12-9+. The van der Waals surface area contributed by atoms with E-state index in [1.165, 1.54) is 18.2 Å². The molecule has 2 aromatic rings. The molecule has 0 unspecified atom stereocenters. The maximum Gasteiger partial charge on any atom is 0.246 e. The maximum atomic E-state index is 13.3. The third-order valence-electron chi connectivity index (χ3n) is 3.59. The van der Waals surface area contributed by atoms with Crippen molar-refractivity contribution in [1.29, 1.82) is 0 Å². The van der Waals surface area contributed by atoms with Crippen LogP contribution in [0.25, 0.3) is 6.08 Å². The van der Waals surface area contributed by atoms with Crippen LogP contribution in [0.4, 0.5) is 10.1 Å². The zero-order valence-corrected chi connectivity index (χ0v) is 15.5. The lowest BCUT2D eigenvalue weighted by molar-refractivity contribution is -0.126. The summed E-state index contributed by atoms with van der Waals surface area (Å²) in [7, 11) is -3.32. The van der Waals surface area contributed by atoms with Crippen LogP contribution in [-0.2, 0) is 21.4 Å². The first-order valence-electron chi connectivity index (χ1n) is 8.06. The van der Waals surface area contributed by atoms with E-state index in [1.54, 1.807) is 47.4 Å². The summed E-state index contributed by atoms with van der Waals surface area (Å²) in [5.41, 5.74) is 1.95. The quantitative estimate of drug-likeness (QED) is 0.755. The summed E-state index contributed by atoms with van der Waals surface area (Å²) >= 11 is 0. The van der Waals surface area contributed by atoms with Crippen LogP contribution in [0.3, 0.4) is 0 Å². The number of anilines is 1.